The van der Waals surface area contributed by atoms with Gasteiger partial charge in [-0.05, 0) is 21.8 Å². The van der Waals surface area contributed by atoms with Crippen LogP contribution < -0.4 is 10.4 Å². The molecule has 7 nitrogen and oxygen atoms in total. The molecule has 8 heteroatoms. The van der Waals surface area contributed by atoms with Crippen molar-refractivity contribution >= 4 is 24.7 Å². The van der Waals surface area contributed by atoms with Crippen LogP contribution in [0.25, 0.3) is 0 Å². The highest BCUT2D eigenvalue weighted by atomic mass is 28.4. The normalized spacial score (nSPS) is 12.0. The summed E-state index contributed by atoms with van der Waals surface area (Å²) in [5, 5.41) is 2.49. The summed E-state index contributed by atoms with van der Waals surface area (Å²) in [5.74, 6) is -0.123. The van der Waals surface area contributed by atoms with E-state index in [1.807, 2.05) is 0 Å². The van der Waals surface area contributed by atoms with E-state index in [0.717, 1.165) is 12.8 Å². The number of ether oxygens (including phenoxy) is 5. The van der Waals surface area contributed by atoms with Gasteiger partial charge in [-0.15, -0.1) is 0 Å². The molecule has 0 radical (unpaired) electrons. The number of hydrogen-bond acceptors (Lipinski definition) is 7. The van der Waals surface area contributed by atoms with Crippen molar-refractivity contribution in [3.05, 3.63) is 60.7 Å². The van der Waals surface area contributed by atoms with E-state index in [-0.39, 0.29) is 11.0 Å². The lowest BCUT2D eigenvalue weighted by molar-refractivity contribution is -0.145. The Morgan fingerprint density at radius 1 is 0.481 bits per heavy atom. The first-order valence-corrected chi connectivity index (χ1v) is 22.5. The Labute approximate surface area is 319 Å². The first-order chi connectivity index (χ1) is 25.4. The Morgan fingerprint density at radius 3 is 1.21 bits per heavy atom. The van der Waals surface area contributed by atoms with E-state index in [4.69, 9.17) is 28.1 Å². The largest absolute Gasteiger partial charge is 0.463 e. The van der Waals surface area contributed by atoms with Crippen molar-refractivity contribution in [1.29, 1.82) is 0 Å². The summed E-state index contributed by atoms with van der Waals surface area (Å²) >= 11 is 0. The quantitative estimate of drug-likeness (QED) is 0.0402. The zero-order chi connectivity index (χ0) is 37.4. The maximum absolute atomic E-state index is 12.0. The van der Waals surface area contributed by atoms with Crippen molar-refractivity contribution < 1.29 is 32.9 Å². The third-order valence-electron chi connectivity index (χ3n) is 9.55. The molecule has 0 spiro atoms. The number of hydrogen-bond donors (Lipinski definition) is 0. The summed E-state index contributed by atoms with van der Waals surface area (Å²) in [6.45, 7) is 13.8. The van der Waals surface area contributed by atoms with Crippen LogP contribution in [0, 0.1) is 0 Å². The molecule has 0 aliphatic rings. The van der Waals surface area contributed by atoms with Gasteiger partial charge in [0.25, 0.3) is 8.32 Å². The maximum atomic E-state index is 12.0. The van der Waals surface area contributed by atoms with Gasteiger partial charge >= 0.3 is 5.97 Å². The van der Waals surface area contributed by atoms with E-state index in [1.54, 1.807) is 0 Å². The van der Waals surface area contributed by atoms with Crippen LogP contribution in [0.3, 0.4) is 0 Å². The monoisotopic (exact) mass is 743 g/mol. The third-order valence-corrected chi connectivity index (χ3v) is 14.6. The van der Waals surface area contributed by atoms with E-state index in [9.17, 15) is 4.79 Å². The third kappa shape index (κ3) is 20.4. The Morgan fingerprint density at radius 2 is 0.827 bits per heavy atom. The standard InChI is InChI=1S/C44H74O7Si/c1-5-6-7-8-9-10-11-12-13-14-15-16-17-18-25-30-43(45)50-39-37-48-35-33-46-31-32-47-34-36-49-38-40-51-52(44(2,3)4,41-26-21-19-22-27-41)42-28-23-20-24-29-42/h19-24,26-29H,5-18,25,30-40H2,1-4H3. The molecule has 0 bridgehead atoms. The van der Waals surface area contributed by atoms with Crippen LogP contribution in [0.5, 0.6) is 0 Å². The lowest BCUT2D eigenvalue weighted by Gasteiger charge is -2.43. The Hall–Kier alpha value is -2.07. The zero-order valence-electron chi connectivity index (χ0n) is 33.5. The molecule has 0 fully saturated rings. The lowest BCUT2D eigenvalue weighted by atomic mass is 10.0. The minimum absolute atomic E-state index is 0.0539. The van der Waals surface area contributed by atoms with Crippen molar-refractivity contribution in [1.82, 2.24) is 0 Å². The highest BCUT2D eigenvalue weighted by Gasteiger charge is 2.50. The number of benzene rings is 2. The Bertz CT molecular complexity index is 1050. The predicted molar refractivity (Wildman–Crippen MR) is 217 cm³/mol. The first-order valence-electron chi connectivity index (χ1n) is 20.6. The number of carbonyl (C=O) groups excluding carboxylic acids is 1. The first kappa shape index (κ1) is 46.1. The molecule has 52 heavy (non-hydrogen) atoms. The van der Waals surface area contributed by atoms with Gasteiger partial charge in [-0.25, -0.2) is 0 Å². The van der Waals surface area contributed by atoms with Gasteiger partial charge in [0.1, 0.15) is 6.61 Å². The summed E-state index contributed by atoms with van der Waals surface area (Å²) < 4.78 is 34.8. The molecule has 0 saturated carbocycles. The van der Waals surface area contributed by atoms with Gasteiger partial charge in [0, 0.05) is 6.42 Å². The van der Waals surface area contributed by atoms with E-state index < -0.39 is 8.32 Å². The molecule has 0 atom stereocenters. The Kier molecular flexibility index (Phi) is 26.8. The molecule has 0 aliphatic heterocycles. The molecule has 0 heterocycles. The molecular formula is C44H74O7Si. The minimum Gasteiger partial charge on any atom is -0.463 e. The number of esters is 1. The predicted octanol–water partition coefficient (Wildman–Crippen LogP) is 9.43. The van der Waals surface area contributed by atoms with Crippen molar-refractivity contribution in [3.63, 3.8) is 0 Å². The molecular weight excluding hydrogens is 669 g/mol. The second kappa shape index (κ2) is 30.3. The van der Waals surface area contributed by atoms with E-state index >= 15 is 0 Å². The molecule has 0 N–H and O–H groups in total. The summed E-state index contributed by atoms with van der Waals surface area (Å²) in [4.78, 5) is 12.0. The fourth-order valence-electron chi connectivity index (χ4n) is 6.70. The number of unbranched alkanes of at least 4 members (excludes halogenated alkanes) is 14. The molecule has 2 aromatic carbocycles. The molecule has 296 valence electrons. The Balaban J connectivity index is 1.36. The highest BCUT2D eigenvalue weighted by molar-refractivity contribution is 6.99. The van der Waals surface area contributed by atoms with Gasteiger partial charge in [-0.1, -0.05) is 178 Å². The van der Waals surface area contributed by atoms with Gasteiger partial charge in [0.15, 0.2) is 0 Å². The fraction of sp³-hybridized carbons (Fsp3) is 0.705. The smallest absolute Gasteiger partial charge is 0.305 e. The van der Waals surface area contributed by atoms with Gasteiger partial charge in [0.05, 0.1) is 59.5 Å². The second-order valence-corrected chi connectivity index (χ2v) is 19.2. The van der Waals surface area contributed by atoms with Crippen LogP contribution in [0.4, 0.5) is 0 Å². The molecule has 0 unspecified atom stereocenters. The number of carbonyl (C=O) groups is 1. The summed E-state index contributed by atoms with van der Waals surface area (Å²) in [6, 6.07) is 21.3. The average molecular weight is 743 g/mol. The average Bonchev–Trinajstić information content (AvgIpc) is 3.14. The van der Waals surface area contributed by atoms with Crippen LogP contribution in [0.1, 0.15) is 130 Å². The topological polar surface area (TPSA) is 72.5 Å². The second-order valence-electron chi connectivity index (χ2n) is 14.9. The van der Waals surface area contributed by atoms with E-state index in [1.165, 1.54) is 93.8 Å². The fourth-order valence-corrected chi connectivity index (χ4v) is 11.2. The molecule has 2 rings (SSSR count). The van der Waals surface area contributed by atoms with Gasteiger partial charge in [0.2, 0.25) is 0 Å². The zero-order valence-corrected chi connectivity index (χ0v) is 34.5. The molecule has 0 aliphatic carbocycles. The van der Waals surface area contributed by atoms with Gasteiger partial charge in [-0.2, -0.15) is 0 Å². The summed E-state index contributed by atoms with van der Waals surface area (Å²) in [5.41, 5.74) is 0. The van der Waals surface area contributed by atoms with Crippen LogP contribution in [-0.2, 0) is 32.9 Å². The van der Waals surface area contributed by atoms with Crippen LogP contribution in [0.15, 0.2) is 60.7 Å². The molecule has 0 amide bonds. The highest BCUT2D eigenvalue weighted by Crippen LogP contribution is 2.36. The van der Waals surface area contributed by atoms with Crippen molar-refractivity contribution in [2.75, 3.05) is 66.1 Å². The summed E-state index contributed by atoms with van der Waals surface area (Å²) in [7, 11) is -2.54. The van der Waals surface area contributed by atoms with Crippen LogP contribution in [-0.4, -0.2) is 80.4 Å². The molecule has 0 saturated heterocycles. The lowest BCUT2D eigenvalue weighted by Crippen LogP contribution is -2.66. The van der Waals surface area contributed by atoms with Gasteiger partial charge < -0.3 is 28.1 Å². The summed E-state index contributed by atoms with van der Waals surface area (Å²) in [6.07, 6.45) is 20.3. The van der Waals surface area contributed by atoms with Crippen molar-refractivity contribution in [3.8, 4) is 0 Å². The van der Waals surface area contributed by atoms with Crippen LogP contribution in [0.2, 0.25) is 5.04 Å². The van der Waals surface area contributed by atoms with Crippen LogP contribution >= 0.6 is 0 Å². The maximum Gasteiger partial charge on any atom is 0.305 e. The number of rotatable bonds is 34. The molecule has 2 aromatic rings. The molecule has 0 aromatic heterocycles. The van der Waals surface area contributed by atoms with Crippen molar-refractivity contribution in [2.24, 2.45) is 0 Å². The minimum atomic E-state index is -2.54. The van der Waals surface area contributed by atoms with Crippen molar-refractivity contribution in [2.45, 2.75) is 135 Å². The SMILES string of the molecule is CCCCCCCCCCCCCCCCCC(=O)OCCOCCOCCOCCOCCO[Si](c1ccccc1)(c1ccccc1)C(C)(C)C. The van der Waals surface area contributed by atoms with E-state index in [0.29, 0.717) is 72.5 Å². The van der Waals surface area contributed by atoms with E-state index in [2.05, 4.69) is 88.4 Å². The van der Waals surface area contributed by atoms with Gasteiger partial charge in [-0.3, -0.25) is 4.79 Å².